The molecule has 0 amide bonds. The SMILES string of the molecule is N#Cc1cnc(-c2ccc(F)cc2C(F)(F)F)[nH]c1=O. The van der Waals surface area contributed by atoms with Gasteiger partial charge >= 0.3 is 6.18 Å². The van der Waals surface area contributed by atoms with Crippen LogP contribution in [0.1, 0.15) is 11.1 Å². The highest BCUT2D eigenvalue weighted by molar-refractivity contribution is 5.61. The van der Waals surface area contributed by atoms with Crippen LogP contribution in [0.2, 0.25) is 0 Å². The number of hydrogen-bond acceptors (Lipinski definition) is 3. The molecule has 8 heteroatoms. The molecule has 1 aromatic heterocycles. The first kappa shape index (κ1) is 13.7. The largest absolute Gasteiger partial charge is 0.417 e. The molecule has 0 aliphatic rings. The summed E-state index contributed by atoms with van der Waals surface area (Å²) in [5, 5.41) is 8.56. The number of nitrogens with zero attached hydrogens (tertiary/aromatic N) is 2. The fraction of sp³-hybridized carbons (Fsp3) is 0.0833. The van der Waals surface area contributed by atoms with E-state index in [-0.39, 0.29) is 11.4 Å². The Hall–Kier alpha value is -2.69. The lowest BCUT2D eigenvalue weighted by Gasteiger charge is -2.12. The number of nitrogens with one attached hydrogen (secondary N) is 1. The van der Waals surface area contributed by atoms with Crippen molar-refractivity contribution in [2.45, 2.75) is 6.18 Å². The van der Waals surface area contributed by atoms with Gasteiger partial charge in [-0.1, -0.05) is 0 Å². The third-order valence-corrected chi connectivity index (χ3v) is 2.46. The van der Waals surface area contributed by atoms with E-state index in [2.05, 4.69) is 9.97 Å². The predicted molar refractivity (Wildman–Crippen MR) is 60.0 cm³/mol. The van der Waals surface area contributed by atoms with Gasteiger partial charge in [-0.2, -0.15) is 18.4 Å². The minimum absolute atomic E-state index is 0.313. The highest BCUT2D eigenvalue weighted by atomic mass is 19.4. The van der Waals surface area contributed by atoms with Crippen LogP contribution in [-0.2, 0) is 6.18 Å². The average Bonchev–Trinajstić information content (AvgIpc) is 2.37. The average molecular weight is 283 g/mol. The Balaban J connectivity index is 2.68. The van der Waals surface area contributed by atoms with Crippen LogP contribution in [0.25, 0.3) is 11.4 Å². The molecule has 0 aliphatic heterocycles. The first-order chi connectivity index (χ1) is 9.32. The van der Waals surface area contributed by atoms with Crippen molar-refractivity contribution in [3.05, 3.63) is 51.7 Å². The monoisotopic (exact) mass is 283 g/mol. The summed E-state index contributed by atoms with van der Waals surface area (Å²) in [5.41, 5.74) is -2.93. The van der Waals surface area contributed by atoms with E-state index < -0.39 is 28.7 Å². The van der Waals surface area contributed by atoms with Gasteiger partial charge in [0.15, 0.2) is 0 Å². The second-order valence-corrected chi connectivity index (χ2v) is 3.77. The molecule has 1 N–H and O–H groups in total. The standard InChI is InChI=1S/C12H5F4N3O/c13-7-1-2-8(9(3-7)12(14,15)16)10-18-5-6(4-17)11(20)19-10/h1-3,5H,(H,18,19,20). The van der Waals surface area contributed by atoms with Gasteiger partial charge in [0.2, 0.25) is 0 Å². The van der Waals surface area contributed by atoms with E-state index in [9.17, 15) is 22.4 Å². The van der Waals surface area contributed by atoms with Gasteiger partial charge in [-0.15, -0.1) is 0 Å². The Morgan fingerprint density at radius 1 is 1.30 bits per heavy atom. The minimum atomic E-state index is -4.80. The smallest absolute Gasteiger partial charge is 0.305 e. The Kier molecular flexibility index (Phi) is 3.28. The highest BCUT2D eigenvalue weighted by Gasteiger charge is 2.34. The van der Waals surface area contributed by atoms with E-state index in [1.165, 1.54) is 6.07 Å². The quantitative estimate of drug-likeness (QED) is 0.817. The number of alkyl halides is 3. The molecule has 2 rings (SSSR count). The summed E-state index contributed by atoms with van der Waals surface area (Å²) in [6, 6.07) is 3.54. The van der Waals surface area contributed by atoms with Gasteiger partial charge in [0.05, 0.1) is 11.8 Å². The maximum Gasteiger partial charge on any atom is 0.417 e. The molecular weight excluding hydrogens is 278 g/mol. The van der Waals surface area contributed by atoms with Gasteiger partial charge in [-0.25, -0.2) is 9.37 Å². The molecule has 1 aromatic carbocycles. The first-order valence-electron chi connectivity index (χ1n) is 5.19. The zero-order valence-electron chi connectivity index (χ0n) is 9.62. The van der Waals surface area contributed by atoms with Gasteiger partial charge in [0.1, 0.15) is 23.3 Å². The van der Waals surface area contributed by atoms with Crippen LogP contribution in [0.4, 0.5) is 17.6 Å². The third kappa shape index (κ3) is 2.51. The Labute approximate surface area is 109 Å². The van der Waals surface area contributed by atoms with E-state index in [4.69, 9.17) is 5.26 Å². The van der Waals surface area contributed by atoms with Crippen molar-refractivity contribution >= 4 is 0 Å². The minimum Gasteiger partial charge on any atom is -0.305 e. The molecule has 0 atom stereocenters. The molecule has 0 fully saturated rings. The summed E-state index contributed by atoms with van der Waals surface area (Å²) in [6.45, 7) is 0. The Morgan fingerprint density at radius 2 is 2.00 bits per heavy atom. The zero-order chi connectivity index (χ0) is 14.9. The van der Waals surface area contributed by atoms with E-state index >= 15 is 0 Å². The molecule has 0 bridgehead atoms. The van der Waals surface area contributed by atoms with Crippen molar-refractivity contribution in [1.29, 1.82) is 5.26 Å². The Bertz CT molecular complexity index is 759. The highest BCUT2D eigenvalue weighted by Crippen LogP contribution is 2.36. The summed E-state index contributed by atoms with van der Waals surface area (Å²) in [6.07, 6.45) is -3.94. The van der Waals surface area contributed by atoms with E-state index in [0.29, 0.717) is 6.07 Å². The van der Waals surface area contributed by atoms with Crippen LogP contribution >= 0.6 is 0 Å². The van der Waals surface area contributed by atoms with Gasteiger partial charge in [-0.05, 0) is 18.2 Å². The molecule has 0 saturated carbocycles. The van der Waals surface area contributed by atoms with Crippen molar-refractivity contribution in [3.63, 3.8) is 0 Å². The van der Waals surface area contributed by atoms with Crippen LogP contribution in [0.5, 0.6) is 0 Å². The summed E-state index contributed by atoms with van der Waals surface area (Å²) in [5.74, 6) is -1.45. The summed E-state index contributed by atoms with van der Waals surface area (Å²) >= 11 is 0. The molecule has 0 unspecified atom stereocenters. The number of aromatic nitrogens is 2. The fourth-order valence-corrected chi connectivity index (χ4v) is 1.57. The number of nitriles is 1. The normalized spacial score (nSPS) is 11.2. The van der Waals surface area contributed by atoms with Crippen molar-refractivity contribution in [2.75, 3.05) is 0 Å². The maximum atomic E-state index is 13.0. The van der Waals surface area contributed by atoms with Crippen LogP contribution in [-0.4, -0.2) is 9.97 Å². The van der Waals surface area contributed by atoms with Crippen LogP contribution in [0.3, 0.4) is 0 Å². The molecular formula is C12H5F4N3O. The molecule has 0 spiro atoms. The molecule has 0 aliphatic carbocycles. The summed E-state index contributed by atoms with van der Waals surface area (Å²) < 4.78 is 51.4. The van der Waals surface area contributed by atoms with Crippen LogP contribution in [0.15, 0.2) is 29.2 Å². The Morgan fingerprint density at radius 3 is 2.55 bits per heavy atom. The van der Waals surface area contributed by atoms with Crippen molar-refractivity contribution < 1.29 is 17.6 Å². The topological polar surface area (TPSA) is 69.5 Å². The molecule has 2 aromatic rings. The van der Waals surface area contributed by atoms with Gasteiger partial charge in [0, 0.05) is 5.56 Å². The van der Waals surface area contributed by atoms with Crippen LogP contribution in [0, 0.1) is 17.1 Å². The number of H-pyrrole nitrogens is 1. The fourth-order valence-electron chi connectivity index (χ4n) is 1.57. The lowest BCUT2D eigenvalue weighted by molar-refractivity contribution is -0.137. The predicted octanol–water partition coefficient (Wildman–Crippen LogP) is 2.47. The molecule has 0 saturated heterocycles. The summed E-state index contributed by atoms with van der Waals surface area (Å²) in [7, 11) is 0. The van der Waals surface area contributed by atoms with Gasteiger partial charge in [-0.3, -0.25) is 4.79 Å². The van der Waals surface area contributed by atoms with Crippen molar-refractivity contribution in [3.8, 4) is 17.5 Å². The number of rotatable bonds is 1. The number of benzene rings is 1. The second kappa shape index (κ2) is 4.77. The molecule has 20 heavy (non-hydrogen) atoms. The van der Waals surface area contributed by atoms with E-state index in [1.54, 1.807) is 0 Å². The van der Waals surface area contributed by atoms with Crippen molar-refractivity contribution in [1.82, 2.24) is 9.97 Å². The number of aromatic amines is 1. The lowest BCUT2D eigenvalue weighted by atomic mass is 10.1. The van der Waals surface area contributed by atoms with Crippen molar-refractivity contribution in [2.24, 2.45) is 0 Å². The molecule has 0 radical (unpaired) electrons. The number of hydrogen-bond donors (Lipinski definition) is 1. The second-order valence-electron chi connectivity index (χ2n) is 3.77. The van der Waals surface area contributed by atoms with Gasteiger partial charge < -0.3 is 4.98 Å². The molecule has 4 nitrogen and oxygen atoms in total. The van der Waals surface area contributed by atoms with Gasteiger partial charge in [0.25, 0.3) is 5.56 Å². The van der Waals surface area contributed by atoms with Crippen LogP contribution < -0.4 is 5.56 Å². The maximum absolute atomic E-state index is 13.0. The van der Waals surface area contributed by atoms with E-state index in [1.807, 2.05) is 0 Å². The zero-order valence-corrected chi connectivity index (χ0v) is 9.62. The lowest BCUT2D eigenvalue weighted by Crippen LogP contribution is -2.14. The molecule has 102 valence electrons. The third-order valence-electron chi connectivity index (χ3n) is 2.46. The van der Waals surface area contributed by atoms with E-state index in [0.717, 1.165) is 18.3 Å². The summed E-state index contributed by atoms with van der Waals surface area (Å²) in [4.78, 5) is 17.0. The number of halogens is 4. The molecule has 1 heterocycles. The first-order valence-corrected chi connectivity index (χ1v) is 5.19.